The largest absolute Gasteiger partial charge is 0.395 e. The standard InChI is InChI=1S/C31H41N7O2/c39-20-19-35-15-17-37(18-16-35)26-7-8-27-28(21-26)32-22-33-29(27)23-9-13-38(14-10-23)31-30(40-31)34-24-3-5-25(6-4-24)36-11-1-2-12-36/h3-8,21-23,30-31,34,39H,1-2,9-20H2. The van der Waals surface area contributed by atoms with Crippen molar-refractivity contribution in [2.45, 2.75) is 44.1 Å². The first kappa shape index (κ1) is 26.0. The van der Waals surface area contributed by atoms with E-state index in [1.165, 1.54) is 48.4 Å². The Kier molecular flexibility index (Phi) is 7.45. The van der Waals surface area contributed by atoms with Crippen molar-refractivity contribution in [3.8, 4) is 0 Å². The minimum atomic E-state index is 0.0676. The number of nitrogens with zero attached hydrogens (tertiary/aromatic N) is 6. The van der Waals surface area contributed by atoms with E-state index < -0.39 is 0 Å². The van der Waals surface area contributed by atoms with Gasteiger partial charge in [0, 0.05) is 87.3 Å². The maximum absolute atomic E-state index is 9.22. The highest BCUT2D eigenvalue weighted by Crippen LogP contribution is 2.36. The van der Waals surface area contributed by atoms with Crippen molar-refractivity contribution in [3.05, 3.63) is 54.5 Å². The Hall–Kier alpha value is -2.98. The third-order valence-electron chi connectivity index (χ3n) is 9.20. The number of hydrogen-bond donors (Lipinski definition) is 2. The summed E-state index contributed by atoms with van der Waals surface area (Å²) in [5.74, 6) is 0.443. The first-order valence-corrected chi connectivity index (χ1v) is 15.1. The van der Waals surface area contributed by atoms with Crippen LogP contribution in [0.5, 0.6) is 0 Å². The van der Waals surface area contributed by atoms with Gasteiger partial charge in [0.25, 0.3) is 0 Å². The average molecular weight is 544 g/mol. The molecule has 2 atom stereocenters. The van der Waals surface area contributed by atoms with Crippen molar-refractivity contribution in [3.63, 3.8) is 0 Å². The van der Waals surface area contributed by atoms with Crippen molar-refractivity contribution < 1.29 is 9.84 Å². The molecular weight excluding hydrogens is 502 g/mol. The van der Waals surface area contributed by atoms with Crippen LogP contribution in [0.15, 0.2) is 48.8 Å². The number of likely N-dealkylation sites (tertiary alicyclic amines) is 1. The molecule has 0 radical (unpaired) electrons. The van der Waals surface area contributed by atoms with Gasteiger partial charge < -0.3 is 25.0 Å². The lowest BCUT2D eigenvalue weighted by Gasteiger charge is -2.36. The molecule has 1 aromatic heterocycles. The summed E-state index contributed by atoms with van der Waals surface area (Å²) < 4.78 is 6.05. The lowest BCUT2D eigenvalue weighted by molar-refractivity contribution is 0.139. The Morgan fingerprint density at radius 2 is 1.55 bits per heavy atom. The number of benzene rings is 2. The van der Waals surface area contributed by atoms with Crippen LogP contribution in [0.25, 0.3) is 10.9 Å². The van der Waals surface area contributed by atoms with Gasteiger partial charge in [-0.1, -0.05) is 0 Å². The van der Waals surface area contributed by atoms with Crippen LogP contribution < -0.4 is 15.1 Å². The number of piperidine rings is 1. The molecule has 9 nitrogen and oxygen atoms in total. The molecule has 4 aliphatic rings. The molecule has 40 heavy (non-hydrogen) atoms. The number of piperazine rings is 1. The third kappa shape index (κ3) is 5.48. The molecule has 2 N–H and O–H groups in total. The minimum absolute atomic E-state index is 0.0676. The normalized spacial score (nSPS) is 24.6. The first-order chi connectivity index (χ1) is 19.7. The van der Waals surface area contributed by atoms with Crippen molar-refractivity contribution in [1.82, 2.24) is 19.8 Å². The van der Waals surface area contributed by atoms with Crippen LogP contribution in [0.4, 0.5) is 17.1 Å². The zero-order chi connectivity index (χ0) is 26.9. The van der Waals surface area contributed by atoms with Gasteiger partial charge >= 0.3 is 0 Å². The second-order valence-electron chi connectivity index (χ2n) is 11.7. The van der Waals surface area contributed by atoms with Gasteiger partial charge in [-0.2, -0.15) is 0 Å². The molecule has 0 spiro atoms. The van der Waals surface area contributed by atoms with Crippen LogP contribution in [0.1, 0.15) is 37.3 Å². The predicted molar refractivity (Wildman–Crippen MR) is 159 cm³/mol. The molecule has 4 aliphatic heterocycles. The number of aliphatic hydroxyl groups excluding tert-OH is 1. The summed E-state index contributed by atoms with van der Waals surface area (Å²) >= 11 is 0. The van der Waals surface area contributed by atoms with E-state index in [0.29, 0.717) is 5.92 Å². The molecule has 7 rings (SSSR count). The summed E-state index contributed by atoms with van der Waals surface area (Å²) in [6.45, 7) is 9.29. The van der Waals surface area contributed by atoms with Crippen LogP contribution >= 0.6 is 0 Å². The molecule has 3 aromatic rings. The lowest BCUT2D eigenvalue weighted by atomic mass is 9.91. The number of hydrogen-bond acceptors (Lipinski definition) is 9. The van der Waals surface area contributed by atoms with Gasteiger partial charge in [0.05, 0.1) is 17.8 Å². The molecule has 0 aliphatic carbocycles. The third-order valence-corrected chi connectivity index (χ3v) is 9.20. The van der Waals surface area contributed by atoms with Gasteiger partial charge in [0.2, 0.25) is 0 Å². The molecule has 5 heterocycles. The zero-order valence-corrected chi connectivity index (χ0v) is 23.3. The van der Waals surface area contributed by atoms with Gasteiger partial charge in [-0.05, 0) is 68.1 Å². The fourth-order valence-corrected chi connectivity index (χ4v) is 6.78. The second-order valence-corrected chi connectivity index (χ2v) is 11.7. The SMILES string of the molecule is OCCN1CCN(c2ccc3c(C4CCN(C5OC5Nc5ccc(N6CCCC6)cc5)CC4)ncnc3c2)CC1. The maximum Gasteiger partial charge on any atom is 0.170 e. The highest BCUT2D eigenvalue weighted by atomic mass is 16.6. The number of aliphatic hydroxyl groups is 1. The highest BCUT2D eigenvalue weighted by Gasteiger charge is 2.45. The summed E-state index contributed by atoms with van der Waals surface area (Å²) in [6.07, 6.45) is 6.72. The monoisotopic (exact) mass is 543 g/mol. The van der Waals surface area contributed by atoms with Gasteiger partial charge in [-0.15, -0.1) is 0 Å². The van der Waals surface area contributed by atoms with E-state index in [1.54, 1.807) is 6.33 Å². The van der Waals surface area contributed by atoms with Crippen LogP contribution in [0.2, 0.25) is 0 Å². The predicted octanol–water partition coefficient (Wildman–Crippen LogP) is 3.32. The fourth-order valence-electron chi connectivity index (χ4n) is 6.78. The number of anilines is 3. The number of rotatable bonds is 8. The Bertz CT molecular complexity index is 1280. The number of ether oxygens (including phenoxy) is 1. The molecular formula is C31H41N7O2. The van der Waals surface area contributed by atoms with E-state index in [2.05, 4.69) is 72.4 Å². The number of aromatic nitrogens is 2. The average Bonchev–Trinajstić information content (AvgIpc) is 3.54. The second kappa shape index (κ2) is 11.5. The van der Waals surface area contributed by atoms with E-state index >= 15 is 0 Å². The Morgan fingerprint density at radius 1 is 0.825 bits per heavy atom. The Balaban J connectivity index is 0.934. The molecule has 2 unspecified atom stereocenters. The highest BCUT2D eigenvalue weighted by molar-refractivity contribution is 5.84. The van der Waals surface area contributed by atoms with Crippen molar-refractivity contribution in [2.24, 2.45) is 0 Å². The Morgan fingerprint density at radius 3 is 2.30 bits per heavy atom. The number of epoxide rings is 1. The summed E-state index contributed by atoms with van der Waals surface area (Å²) in [5.41, 5.74) is 5.90. The molecule has 0 bridgehead atoms. The quantitative estimate of drug-likeness (QED) is 0.416. The van der Waals surface area contributed by atoms with Gasteiger partial charge in [0.1, 0.15) is 6.33 Å². The number of fused-ring (bicyclic) bond motifs is 1. The Labute approximate surface area is 236 Å². The summed E-state index contributed by atoms with van der Waals surface area (Å²) in [7, 11) is 0. The fraction of sp³-hybridized carbons (Fsp3) is 0.548. The molecule has 4 fully saturated rings. The lowest BCUT2D eigenvalue weighted by Crippen LogP contribution is -2.47. The summed E-state index contributed by atoms with van der Waals surface area (Å²) in [4.78, 5) is 19.1. The van der Waals surface area contributed by atoms with E-state index in [1.807, 2.05) is 0 Å². The van der Waals surface area contributed by atoms with E-state index in [-0.39, 0.29) is 19.1 Å². The number of nitrogens with one attached hydrogen (secondary N) is 1. The molecule has 2 aromatic carbocycles. The molecule has 0 amide bonds. The van der Waals surface area contributed by atoms with Gasteiger partial charge in [-0.25, -0.2) is 9.97 Å². The van der Waals surface area contributed by atoms with E-state index in [0.717, 1.165) is 69.9 Å². The summed E-state index contributed by atoms with van der Waals surface area (Å²) in [6, 6.07) is 15.5. The minimum Gasteiger partial charge on any atom is -0.395 e. The van der Waals surface area contributed by atoms with Crippen molar-refractivity contribution in [1.29, 1.82) is 0 Å². The smallest absolute Gasteiger partial charge is 0.170 e. The van der Waals surface area contributed by atoms with Gasteiger partial charge in [-0.3, -0.25) is 9.80 Å². The number of β-amino-alcohol motifs (C(OH)–C–C–N with tert-alkyl or cyclic N) is 1. The zero-order valence-electron chi connectivity index (χ0n) is 23.3. The molecule has 212 valence electrons. The molecule has 4 saturated heterocycles. The van der Waals surface area contributed by atoms with Crippen molar-refractivity contribution >= 4 is 28.0 Å². The molecule has 0 saturated carbocycles. The van der Waals surface area contributed by atoms with Crippen LogP contribution in [-0.4, -0.2) is 103 Å². The van der Waals surface area contributed by atoms with Crippen molar-refractivity contribution in [2.75, 3.05) is 80.6 Å². The molecule has 9 heteroatoms. The first-order valence-electron chi connectivity index (χ1n) is 15.1. The summed E-state index contributed by atoms with van der Waals surface area (Å²) in [5, 5.41) is 14.0. The van der Waals surface area contributed by atoms with E-state index in [9.17, 15) is 5.11 Å². The van der Waals surface area contributed by atoms with Crippen LogP contribution in [-0.2, 0) is 4.74 Å². The topological polar surface area (TPSA) is 83.5 Å². The van der Waals surface area contributed by atoms with E-state index in [4.69, 9.17) is 9.72 Å². The maximum atomic E-state index is 9.22. The van der Waals surface area contributed by atoms with Gasteiger partial charge in [0.15, 0.2) is 12.5 Å². The van der Waals surface area contributed by atoms with Crippen LogP contribution in [0, 0.1) is 0 Å². The van der Waals surface area contributed by atoms with Crippen LogP contribution in [0.3, 0.4) is 0 Å².